The summed E-state index contributed by atoms with van der Waals surface area (Å²) < 4.78 is 0. The summed E-state index contributed by atoms with van der Waals surface area (Å²) in [6, 6.07) is 6.48. The normalized spacial score (nSPS) is 18.8. The van der Waals surface area contributed by atoms with Crippen LogP contribution in [-0.4, -0.2) is 23.6 Å². The molecule has 1 heterocycles. The molecule has 3 nitrogen and oxygen atoms in total. The van der Waals surface area contributed by atoms with Crippen LogP contribution in [0.5, 0.6) is 0 Å². The second-order valence-corrected chi connectivity index (χ2v) is 6.36. The fourth-order valence-corrected chi connectivity index (χ4v) is 3.05. The predicted molar refractivity (Wildman–Crippen MR) is 81.4 cm³/mol. The van der Waals surface area contributed by atoms with E-state index in [9.17, 15) is 4.79 Å². The minimum Gasteiger partial charge on any atom is -0.351 e. The molecular weight excluding hydrogens is 256 g/mol. The number of thioether (sulfide) groups is 1. The minimum atomic E-state index is -0.0291. The van der Waals surface area contributed by atoms with E-state index in [4.69, 9.17) is 0 Å². The van der Waals surface area contributed by atoms with E-state index in [-0.39, 0.29) is 11.9 Å². The number of nitrogens with one attached hydrogen (secondary N) is 2. The van der Waals surface area contributed by atoms with Crippen LogP contribution < -0.4 is 10.6 Å². The molecular formula is C15H22N2OS. The second-order valence-electron chi connectivity index (χ2n) is 5.33. The van der Waals surface area contributed by atoms with Gasteiger partial charge in [0, 0.05) is 18.2 Å². The first-order valence-corrected chi connectivity index (χ1v) is 7.91. The smallest absolute Gasteiger partial charge is 0.238 e. The van der Waals surface area contributed by atoms with Gasteiger partial charge in [0.2, 0.25) is 5.91 Å². The maximum Gasteiger partial charge on any atom is 0.238 e. The van der Waals surface area contributed by atoms with E-state index >= 15 is 0 Å². The Kier molecular flexibility index (Phi) is 4.88. The van der Waals surface area contributed by atoms with Crippen LogP contribution in [0.25, 0.3) is 0 Å². The molecule has 104 valence electrons. The summed E-state index contributed by atoms with van der Waals surface area (Å²) in [5.74, 6) is 2.37. The SMILES string of the molecule is Cc1ccc(C(C)C)cc1CNC(=O)C1CSCN1. The number of benzene rings is 1. The summed E-state index contributed by atoms with van der Waals surface area (Å²) in [4.78, 5) is 12.0. The van der Waals surface area contributed by atoms with Gasteiger partial charge < -0.3 is 5.32 Å². The number of amides is 1. The lowest BCUT2D eigenvalue weighted by Crippen LogP contribution is -2.41. The first-order chi connectivity index (χ1) is 9.08. The third kappa shape index (κ3) is 3.74. The Morgan fingerprint density at radius 1 is 1.53 bits per heavy atom. The van der Waals surface area contributed by atoms with Crippen LogP contribution >= 0.6 is 11.8 Å². The Morgan fingerprint density at radius 3 is 2.95 bits per heavy atom. The van der Waals surface area contributed by atoms with E-state index < -0.39 is 0 Å². The quantitative estimate of drug-likeness (QED) is 0.888. The first kappa shape index (κ1) is 14.4. The van der Waals surface area contributed by atoms with E-state index in [1.807, 2.05) is 0 Å². The number of hydrogen-bond acceptors (Lipinski definition) is 3. The molecule has 2 N–H and O–H groups in total. The van der Waals surface area contributed by atoms with Crippen LogP contribution in [0.15, 0.2) is 18.2 Å². The van der Waals surface area contributed by atoms with Gasteiger partial charge in [-0.1, -0.05) is 32.0 Å². The average Bonchev–Trinajstić information content (AvgIpc) is 2.91. The summed E-state index contributed by atoms with van der Waals surface area (Å²) in [6.07, 6.45) is 0. The van der Waals surface area contributed by atoms with Crippen molar-refractivity contribution >= 4 is 17.7 Å². The standard InChI is InChI=1S/C15H22N2OS/c1-10(2)12-5-4-11(3)13(6-12)7-16-15(18)14-8-19-9-17-14/h4-6,10,14,17H,7-9H2,1-3H3,(H,16,18). The Balaban J connectivity index is 1.98. The Labute approximate surface area is 119 Å². The van der Waals surface area contributed by atoms with E-state index in [0.29, 0.717) is 12.5 Å². The fourth-order valence-electron chi connectivity index (χ4n) is 2.11. The molecule has 1 aliphatic heterocycles. The lowest BCUT2D eigenvalue weighted by atomic mass is 9.98. The van der Waals surface area contributed by atoms with Crippen molar-refractivity contribution in [3.63, 3.8) is 0 Å². The molecule has 0 spiro atoms. The Hall–Kier alpha value is -1.000. The molecule has 1 aromatic carbocycles. The zero-order chi connectivity index (χ0) is 13.8. The number of carbonyl (C=O) groups excluding carboxylic acids is 1. The molecule has 0 radical (unpaired) electrons. The summed E-state index contributed by atoms with van der Waals surface area (Å²) in [7, 11) is 0. The summed E-state index contributed by atoms with van der Waals surface area (Å²) in [5.41, 5.74) is 3.77. The second kappa shape index (κ2) is 6.44. The summed E-state index contributed by atoms with van der Waals surface area (Å²) >= 11 is 1.77. The third-order valence-corrected chi connectivity index (χ3v) is 4.47. The molecule has 0 aromatic heterocycles. The molecule has 2 rings (SSSR count). The summed E-state index contributed by atoms with van der Waals surface area (Å²) in [6.45, 7) is 7.09. The molecule has 4 heteroatoms. The van der Waals surface area contributed by atoms with Gasteiger partial charge in [0.25, 0.3) is 0 Å². The molecule has 1 atom stereocenters. The van der Waals surface area contributed by atoms with Crippen molar-refractivity contribution in [3.8, 4) is 0 Å². The van der Waals surface area contributed by atoms with Gasteiger partial charge in [0.1, 0.15) is 0 Å². The van der Waals surface area contributed by atoms with Gasteiger partial charge >= 0.3 is 0 Å². The minimum absolute atomic E-state index is 0.0291. The van der Waals surface area contributed by atoms with Gasteiger partial charge in [-0.25, -0.2) is 0 Å². The third-order valence-electron chi connectivity index (χ3n) is 3.53. The Bertz CT molecular complexity index is 453. The monoisotopic (exact) mass is 278 g/mol. The van der Waals surface area contributed by atoms with Crippen LogP contribution in [-0.2, 0) is 11.3 Å². The highest BCUT2D eigenvalue weighted by Gasteiger charge is 2.22. The molecule has 19 heavy (non-hydrogen) atoms. The van der Waals surface area contributed by atoms with E-state index in [1.165, 1.54) is 16.7 Å². The van der Waals surface area contributed by atoms with Crippen molar-refractivity contribution in [2.75, 3.05) is 11.6 Å². The van der Waals surface area contributed by atoms with Crippen molar-refractivity contribution in [1.82, 2.24) is 10.6 Å². The molecule has 1 amide bonds. The van der Waals surface area contributed by atoms with E-state index in [0.717, 1.165) is 11.6 Å². The van der Waals surface area contributed by atoms with Crippen molar-refractivity contribution < 1.29 is 4.79 Å². The number of hydrogen-bond donors (Lipinski definition) is 2. The topological polar surface area (TPSA) is 41.1 Å². The molecule has 1 aliphatic rings. The van der Waals surface area contributed by atoms with Crippen LogP contribution in [0.1, 0.15) is 36.5 Å². The highest BCUT2D eigenvalue weighted by atomic mass is 32.2. The zero-order valence-electron chi connectivity index (χ0n) is 11.8. The van der Waals surface area contributed by atoms with Crippen LogP contribution in [0.4, 0.5) is 0 Å². The van der Waals surface area contributed by atoms with Crippen molar-refractivity contribution in [2.45, 2.75) is 39.3 Å². The van der Waals surface area contributed by atoms with Gasteiger partial charge in [-0.05, 0) is 29.5 Å². The van der Waals surface area contributed by atoms with Crippen molar-refractivity contribution in [1.29, 1.82) is 0 Å². The fraction of sp³-hybridized carbons (Fsp3) is 0.533. The molecule has 1 aromatic rings. The molecule has 0 aliphatic carbocycles. The van der Waals surface area contributed by atoms with Crippen molar-refractivity contribution in [2.24, 2.45) is 0 Å². The maximum absolute atomic E-state index is 12.0. The lowest BCUT2D eigenvalue weighted by Gasteiger charge is -2.14. The van der Waals surface area contributed by atoms with Gasteiger partial charge in [0.15, 0.2) is 0 Å². The number of carbonyl (C=O) groups is 1. The predicted octanol–water partition coefficient (Wildman–Crippen LogP) is 2.40. The van der Waals surface area contributed by atoms with Crippen LogP contribution in [0.2, 0.25) is 0 Å². The largest absolute Gasteiger partial charge is 0.351 e. The summed E-state index contributed by atoms with van der Waals surface area (Å²) in [5, 5.41) is 6.22. The number of rotatable bonds is 4. The molecule has 1 unspecified atom stereocenters. The molecule has 0 saturated carbocycles. The van der Waals surface area contributed by atoms with Crippen molar-refractivity contribution in [3.05, 3.63) is 34.9 Å². The highest BCUT2D eigenvalue weighted by Crippen LogP contribution is 2.18. The lowest BCUT2D eigenvalue weighted by molar-refractivity contribution is -0.122. The average molecular weight is 278 g/mol. The first-order valence-electron chi connectivity index (χ1n) is 6.76. The zero-order valence-corrected chi connectivity index (χ0v) is 12.6. The number of aryl methyl sites for hydroxylation is 1. The van der Waals surface area contributed by atoms with Gasteiger partial charge in [-0.15, -0.1) is 11.8 Å². The van der Waals surface area contributed by atoms with E-state index in [1.54, 1.807) is 11.8 Å². The molecule has 1 fully saturated rings. The highest BCUT2D eigenvalue weighted by molar-refractivity contribution is 7.99. The van der Waals surface area contributed by atoms with Gasteiger partial charge in [-0.2, -0.15) is 0 Å². The van der Waals surface area contributed by atoms with Gasteiger partial charge in [-0.3, -0.25) is 10.1 Å². The van der Waals surface area contributed by atoms with Gasteiger partial charge in [0.05, 0.1) is 6.04 Å². The van der Waals surface area contributed by atoms with E-state index in [2.05, 4.69) is 49.6 Å². The van der Waals surface area contributed by atoms with Crippen LogP contribution in [0.3, 0.4) is 0 Å². The molecule has 1 saturated heterocycles. The Morgan fingerprint density at radius 2 is 2.32 bits per heavy atom. The van der Waals surface area contributed by atoms with Crippen LogP contribution in [0, 0.1) is 6.92 Å². The molecule has 0 bridgehead atoms. The maximum atomic E-state index is 12.0.